The summed E-state index contributed by atoms with van der Waals surface area (Å²) in [5, 5.41) is 0. The maximum Gasteiger partial charge on any atom is 0.228 e. The Labute approximate surface area is 165 Å². The number of rotatable bonds is 2. The fourth-order valence-electron chi connectivity index (χ4n) is 5.38. The third-order valence-corrected chi connectivity index (χ3v) is 6.91. The molecule has 0 aromatic heterocycles. The van der Waals surface area contributed by atoms with Crippen molar-refractivity contribution in [1.29, 1.82) is 0 Å². The quantitative estimate of drug-likeness (QED) is 0.787. The molecule has 2 amide bonds. The van der Waals surface area contributed by atoms with Crippen LogP contribution >= 0.6 is 0 Å². The molecule has 0 spiro atoms. The van der Waals surface area contributed by atoms with Crippen LogP contribution in [0.5, 0.6) is 11.5 Å². The van der Waals surface area contributed by atoms with Gasteiger partial charge < -0.3 is 19.3 Å². The van der Waals surface area contributed by atoms with E-state index in [-0.39, 0.29) is 17.7 Å². The molecule has 1 aromatic carbocycles. The number of amides is 2. The average Bonchev–Trinajstić information content (AvgIpc) is 3.14. The Kier molecular flexibility index (Phi) is 4.65. The van der Waals surface area contributed by atoms with Crippen molar-refractivity contribution in [1.82, 2.24) is 4.90 Å². The maximum absolute atomic E-state index is 13.1. The highest BCUT2D eigenvalue weighted by molar-refractivity contribution is 6.00. The Bertz CT molecular complexity index is 780. The van der Waals surface area contributed by atoms with Gasteiger partial charge in [0.1, 0.15) is 13.2 Å². The zero-order chi connectivity index (χ0) is 19.1. The van der Waals surface area contributed by atoms with Crippen LogP contribution in [-0.4, -0.2) is 49.6 Å². The number of hydrogen-bond donors (Lipinski definition) is 0. The van der Waals surface area contributed by atoms with E-state index in [2.05, 4.69) is 0 Å². The van der Waals surface area contributed by atoms with Gasteiger partial charge in [0.15, 0.2) is 11.5 Å². The van der Waals surface area contributed by atoms with E-state index in [4.69, 9.17) is 9.47 Å². The Balaban J connectivity index is 1.26. The summed E-state index contributed by atoms with van der Waals surface area (Å²) in [4.78, 5) is 29.6. The van der Waals surface area contributed by atoms with Crippen LogP contribution < -0.4 is 14.4 Å². The second-order valence-corrected chi connectivity index (χ2v) is 8.61. The van der Waals surface area contributed by atoms with E-state index in [1.165, 1.54) is 25.7 Å². The van der Waals surface area contributed by atoms with E-state index >= 15 is 0 Å². The number of piperidine rings is 1. The number of benzene rings is 1. The number of likely N-dealkylation sites (tertiary alicyclic amines) is 1. The second kappa shape index (κ2) is 7.30. The number of hydrogen-bond acceptors (Lipinski definition) is 4. The highest BCUT2D eigenvalue weighted by atomic mass is 16.6. The fraction of sp³-hybridized carbons (Fsp3) is 0.636. The molecule has 3 heterocycles. The minimum absolute atomic E-state index is 0.0163. The molecule has 3 fully saturated rings. The number of anilines is 1. The van der Waals surface area contributed by atoms with E-state index in [9.17, 15) is 9.59 Å². The lowest BCUT2D eigenvalue weighted by Crippen LogP contribution is -2.47. The van der Waals surface area contributed by atoms with Crippen molar-refractivity contribution in [3.63, 3.8) is 0 Å². The van der Waals surface area contributed by atoms with Gasteiger partial charge in [-0.1, -0.05) is 19.3 Å². The number of carbonyl (C=O) groups excluding carboxylic acids is 2. The van der Waals surface area contributed by atoms with Crippen LogP contribution in [0.25, 0.3) is 0 Å². The van der Waals surface area contributed by atoms with Gasteiger partial charge in [-0.2, -0.15) is 0 Å². The molecular weight excluding hydrogens is 356 g/mol. The highest BCUT2D eigenvalue weighted by Gasteiger charge is 2.40. The molecule has 0 bridgehead atoms. The smallest absolute Gasteiger partial charge is 0.228 e. The van der Waals surface area contributed by atoms with Gasteiger partial charge in [0.2, 0.25) is 11.8 Å². The Morgan fingerprint density at radius 1 is 0.964 bits per heavy atom. The average molecular weight is 384 g/mol. The van der Waals surface area contributed by atoms with Gasteiger partial charge in [0, 0.05) is 37.8 Å². The van der Waals surface area contributed by atoms with Gasteiger partial charge in [-0.05, 0) is 36.8 Å². The first-order valence-electron chi connectivity index (χ1n) is 10.7. The Morgan fingerprint density at radius 3 is 2.61 bits per heavy atom. The van der Waals surface area contributed by atoms with Gasteiger partial charge in [-0.25, -0.2) is 0 Å². The summed E-state index contributed by atoms with van der Waals surface area (Å²) >= 11 is 0. The summed E-state index contributed by atoms with van der Waals surface area (Å²) in [6.45, 7) is 3.26. The summed E-state index contributed by atoms with van der Waals surface area (Å²) in [5.74, 6) is 2.80. The number of ether oxygens (including phenoxy) is 2. The minimum atomic E-state index is -0.235. The summed E-state index contributed by atoms with van der Waals surface area (Å²) in [7, 11) is 0. The van der Waals surface area contributed by atoms with E-state index < -0.39 is 0 Å². The third-order valence-electron chi connectivity index (χ3n) is 6.91. The normalized spacial score (nSPS) is 29.6. The largest absolute Gasteiger partial charge is 0.486 e. The van der Waals surface area contributed by atoms with Crippen molar-refractivity contribution in [2.75, 3.05) is 37.7 Å². The minimum Gasteiger partial charge on any atom is -0.486 e. The lowest BCUT2D eigenvalue weighted by Gasteiger charge is -2.42. The van der Waals surface area contributed by atoms with E-state index in [0.29, 0.717) is 43.6 Å². The fourth-order valence-corrected chi connectivity index (χ4v) is 5.38. The molecule has 1 saturated carbocycles. The number of nitrogens with zero attached hydrogens (tertiary/aromatic N) is 2. The molecule has 28 heavy (non-hydrogen) atoms. The molecule has 3 aliphatic heterocycles. The summed E-state index contributed by atoms with van der Waals surface area (Å²) in [6, 6.07) is 5.58. The van der Waals surface area contributed by atoms with Crippen molar-refractivity contribution in [2.45, 2.75) is 38.5 Å². The van der Waals surface area contributed by atoms with Crippen LogP contribution in [0, 0.1) is 17.8 Å². The number of fused-ring (bicyclic) bond motifs is 2. The zero-order valence-corrected chi connectivity index (χ0v) is 16.3. The topological polar surface area (TPSA) is 59.1 Å². The SMILES string of the molecule is O=C(C1CC(=O)N(c2ccc3c(c2)OCCO3)C1)N1CCC2CCCCC2C1. The lowest BCUT2D eigenvalue weighted by atomic mass is 9.75. The van der Waals surface area contributed by atoms with Gasteiger partial charge in [-0.15, -0.1) is 0 Å². The molecule has 0 N–H and O–H groups in total. The van der Waals surface area contributed by atoms with Gasteiger partial charge in [0.05, 0.1) is 5.92 Å². The van der Waals surface area contributed by atoms with E-state index in [1.807, 2.05) is 23.1 Å². The van der Waals surface area contributed by atoms with Crippen LogP contribution in [0.4, 0.5) is 5.69 Å². The predicted octanol–water partition coefficient (Wildman–Crippen LogP) is 2.85. The molecule has 1 aromatic rings. The van der Waals surface area contributed by atoms with Crippen LogP contribution in [0.1, 0.15) is 38.5 Å². The third kappa shape index (κ3) is 3.23. The molecule has 0 radical (unpaired) electrons. The summed E-state index contributed by atoms with van der Waals surface area (Å²) in [5.41, 5.74) is 0.788. The van der Waals surface area contributed by atoms with Crippen molar-refractivity contribution >= 4 is 17.5 Å². The van der Waals surface area contributed by atoms with Crippen LogP contribution in [0.3, 0.4) is 0 Å². The first-order valence-corrected chi connectivity index (χ1v) is 10.7. The zero-order valence-electron chi connectivity index (χ0n) is 16.3. The van der Waals surface area contributed by atoms with Crippen LogP contribution in [-0.2, 0) is 9.59 Å². The molecular formula is C22H28N2O4. The van der Waals surface area contributed by atoms with Gasteiger partial charge in [-0.3, -0.25) is 9.59 Å². The first-order chi connectivity index (χ1) is 13.7. The second-order valence-electron chi connectivity index (χ2n) is 8.61. The van der Waals surface area contributed by atoms with Crippen molar-refractivity contribution in [2.24, 2.45) is 17.8 Å². The monoisotopic (exact) mass is 384 g/mol. The Morgan fingerprint density at radius 2 is 1.75 bits per heavy atom. The summed E-state index contributed by atoms with van der Waals surface area (Å²) in [6.07, 6.45) is 6.65. The van der Waals surface area contributed by atoms with Crippen LogP contribution in [0.15, 0.2) is 18.2 Å². The molecule has 3 unspecified atom stereocenters. The molecule has 5 rings (SSSR count). The van der Waals surface area contributed by atoms with Gasteiger partial charge in [0.25, 0.3) is 0 Å². The molecule has 4 aliphatic rings. The molecule has 6 heteroatoms. The molecule has 150 valence electrons. The first kappa shape index (κ1) is 17.8. The van der Waals surface area contributed by atoms with Crippen LogP contribution in [0.2, 0.25) is 0 Å². The molecule has 3 atom stereocenters. The van der Waals surface area contributed by atoms with Crippen molar-refractivity contribution in [3.8, 4) is 11.5 Å². The summed E-state index contributed by atoms with van der Waals surface area (Å²) < 4.78 is 11.2. The highest BCUT2D eigenvalue weighted by Crippen LogP contribution is 2.38. The maximum atomic E-state index is 13.1. The van der Waals surface area contributed by atoms with Crippen molar-refractivity contribution < 1.29 is 19.1 Å². The lowest BCUT2D eigenvalue weighted by molar-refractivity contribution is -0.138. The number of carbonyl (C=O) groups is 2. The predicted molar refractivity (Wildman–Crippen MR) is 105 cm³/mol. The Hall–Kier alpha value is -2.24. The standard InChI is InChI=1S/C22H28N2O4/c25-21-11-17(22(26)23-8-7-15-3-1-2-4-16(15)13-23)14-24(21)18-5-6-19-20(12-18)28-10-9-27-19/h5-6,12,15-17H,1-4,7-11,13-14H2. The van der Waals surface area contributed by atoms with E-state index in [0.717, 1.165) is 31.1 Å². The molecule has 6 nitrogen and oxygen atoms in total. The molecule has 1 aliphatic carbocycles. The molecule has 2 saturated heterocycles. The van der Waals surface area contributed by atoms with Crippen molar-refractivity contribution in [3.05, 3.63) is 18.2 Å². The van der Waals surface area contributed by atoms with Gasteiger partial charge >= 0.3 is 0 Å². The van der Waals surface area contributed by atoms with E-state index in [1.54, 1.807) is 4.90 Å².